The molecule has 0 atom stereocenters. The molecule has 3 heteroatoms. The van der Waals surface area contributed by atoms with Gasteiger partial charge in [-0.25, -0.2) is 0 Å². The van der Waals surface area contributed by atoms with E-state index in [1.165, 1.54) is 18.4 Å². The normalized spacial score (nSPS) is 22.6. The Morgan fingerprint density at radius 2 is 1.85 bits per heavy atom. The van der Waals surface area contributed by atoms with Crippen LogP contribution in [0, 0.1) is 0 Å². The molecule has 20 heavy (non-hydrogen) atoms. The number of benzene rings is 1. The van der Waals surface area contributed by atoms with Crippen molar-refractivity contribution >= 4 is 5.91 Å². The van der Waals surface area contributed by atoms with E-state index in [0.29, 0.717) is 0 Å². The second-order valence-electron chi connectivity index (χ2n) is 6.26. The predicted octanol–water partition coefficient (Wildman–Crippen LogP) is 2.23. The first-order valence-electron chi connectivity index (χ1n) is 7.79. The summed E-state index contributed by atoms with van der Waals surface area (Å²) in [5, 5.41) is 0. The van der Waals surface area contributed by atoms with Crippen LogP contribution in [0.3, 0.4) is 0 Å². The summed E-state index contributed by atoms with van der Waals surface area (Å²) in [4.78, 5) is 14.7. The zero-order valence-corrected chi connectivity index (χ0v) is 12.3. The molecule has 1 aliphatic heterocycles. The number of likely N-dealkylation sites (tertiary alicyclic amines) is 1. The molecule has 108 valence electrons. The smallest absolute Gasteiger partial charge is 0.228 e. The lowest BCUT2D eigenvalue weighted by molar-refractivity contribution is -0.125. The van der Waals surface area contributed by atoms with Crippen LogP contribution < -0.4 is 5.73 Å². The van der Waals surface area contributed by atoms with Crippen molar-refractivity contribution in [2.75, 3.05) is 13.1 Å². The summed E-state index contributed by atoms with van der Waals surface area (Å²) in [6.07, 6.45) is 5.41. The van der Waals surface area contributed by atoms with Crippen LogP contribution in [0.1, 0.15) is 43.7 Å². The lowest BCUT2D eigenvalue weighted by Crippen LogP contribution is -2.50. The zero-order chi connectivity index (χ0) is 14.2. The van der Waals surface area contributed by atoms with Crippen LogP contribution in [0.25, 0.3) is 0 Å². The van der Waals surface area contributed by atoms with E-state index in [0.717, 1.165) is 44.0 Å². The van der Waals surface area contributed by atoms with Crippen molar-refractivity contribution in [2.24, 2.45) is 5.73 Å². The summed E-state index contributed by atoms with van der Waals surface area (Å²) >= 11 is 0. The number of hydrogen-bond donors (Lipinski definition) is 1. The van der Waals surface area contributed by atoms with Crippen molar-refractivity contribution in [1.82, 2.24) is 4.90 Å². The van der Waals surface area contributed by atoms with Crippen LogP contribution in [0.4, 0.5) is 0 Å². The summed E-state index contributed by atoms with van der Waals surface area (Å²) in [5.74, 6) is -0.155. The molecular formula is C17H24N2O. The van der Waals surface area contributed by atoms with E-state index in [1.54, 1.807) is 0 Å². The molecule has 0 aromatic heterocycles. The van der Waals surface area contributed by atoms with Crippen molar-refractivity contribution in [2.45, 2.75) is 50.5 Å². The van der Waals surface area contributed by atoms with E-state index in [2.05, 4.69) is 36.1 Å². The molecule has 3 nitrogen and oxygen atoms in total. The van der Waals surface area contributed by atoms with Crippen LogP contribution in [0.2, 0.25) is 0 Å². The fraction of sp³-hybridized carbons (Fsp3) is 0.588. The molecule has 1 saturated heterocycles. The Bertz CT molecular complexity index is 482. The molecule has 1 heterocycles. The highest BCUT2D eigenvalue weighted by atomic mass is 16.1. The van der Waals surface area contributed by atoms with Crippen LogP contribution in [0.15, 0.2) is 24.3 Å². The number of aryl methyl sites for hydroxylation is 1. The van der Waals surface area contributed by atoms with E-state index < -0.39 is 5.41 Å². The van der Waals surface area contributed by atoms with E-state index in [4.69, 9.17) is 5.73 Å². The molecule has 3 rings (SSSR count). The van der Waals surface area contributed by atoms with Gasteiger partial charge in [0.05, 0.1) is 5.41 Å². The molecule has 0 spiro atoms. The summed E-state index contributed by atoms with van der Waals surface area (Å²) in [6, 6.07) is 9.26. The molecule has 1 aliphatic carbocycles. The highest BCUT2D eigenvalue weighted by Gasteiger charge is 2.43. The minimum atomic E-state index is -0.447. The molecule has 1 amide bonds. The van der Waals surface area contributed by atoms with Crippen molar-refractivity contribution in [3.8, 4) is 0 Å². The molecule has 0 unspecified atom stereocenters. The van der Waals surface area contributed by atoms with Gasteiger partial charge in [0.25, 0.3) is 0 Å². The summed E-state index contributed by atoms with van der Waals surface area (Å²) in [7, 11) is 0. The SMILES string of the molecule is CCc1ccc(C2(C(N)=O)CCN(C3CC3)CC2)cc1. The zero-order valence-electron chi connectivity index (χ0n) is 12.3. The van der Waals surface area contributed by atoms with Crippen LogP contribution in [0.5, 0.6) is 0 Å². The standard InChI is InChI=1S/C17H24N2O/c1-2-13-3-5-14(6-4-13)17(16(18)20)9-11-19(12-10-17)15-7-8-15/h3-6,15H,2,7-12H2,1H3,(H2,18,20). The average Bonchev–Trinajstić information content (AvgIpc) is 3.32. The first kappa shape index (κ1) is 13.6. The number of amides is 1. The Morgan fingerprint density at radius 1 is 1.25 bits per heavy atom. The molecule has 0 radical (unpaired) electrons. The Kier molecular flexibility index (Phi) is 3.55. The van der Waals surface area contributed by atoms with Crippen LogP contribution in [-0.4, -0.2) is 29.9 Å². The van der Waals surface area contributed by atoms with Gasteiger partial charge in [0.2, 0.25) is 5.91 Å². The van der Waals surface area contributed by atoms with E-state index in [1.807, 2.05) is 0 Å². The lowest BCUT2D eigenvalue weighted by atomic mass is 9.72. The maximum Gasteiger partial charge on any atom is 0.228 e. The quantitative estimate of drug-likeness (QED) is 0.913. The van der Waals surface area contributed by atoms with Crippen molar-refractivity contribution in [1.29, 1.82) is 0 Å². The topological polar surface area (TPSA) is 46.3 Å². The molecular weight excluding hydrogens is 248 g/mol. The fourth-order valence-electron chi connectivity index (χ4n) is 3.45. The molecule has 1 aromatic carbocycles. The number of nitrogens with zero attached hydrogens (tertiary/aromatic N) is 1. The fourth-order valence-corrected chi connectivity index (χ4v) is 3.45. The monoisotopic (exact) mass is 272 g/mol. The number of hydrogen-bond acceptors (Lipinski definition) is 2. The van der Waals surface area contributed by atoms with Gasteiger partial charge in [-0.1, -0.05) is 31.2 Å². The summed E-state index contributed by atoms with van der Waals surface area (Å²) in [5.41, 5.74) is 7.76. The van der Waals surface area contributed by atoms with E-state index in [-0.39, 0.29) is 5.91 Å². The largest absolute Gasteiger partial charge is 0.369 e. The predicted molar refractivity (Wildman–Crippen MR) is 80.5 cm³/mol. The van der Waals surface area contributed by atoms with Crippen molar-refractivity contribution < 1.29 is 4.79 Å². The average molecular weight is 272 g/mol. The number of piperidine rings is 1. The first-order valence-corrected chi connectivity index (χ1v) is 7.79. The highest BCUT2D eigenvalue weighted by molar-refractivity contribution is 5.87. The summed E-state index contributed by atoms with van der Waals surface area (Å²) in [6.45, 7) is 4.15. The third-order valence-corrected chi connectivity index (χ3v) is 5.10. The number of primary amides is 1. The second kappa shape index (κ2) is 5.21. The Morgan fingerprint density at radius 3 is 2.30 bits per heavy atom. The van der Waals surface area contributed by atoms with E-state index in [9.17, 15) is 4.79 Å². The third kappa shape index (κ3) is 2.35. The van der Waals surface area contributed by atoms with Gasteiger partial charge >= 0.3 is 0 Å². The molecule has 0 bridgehead atoms. The maximum absolute atomic E-state index is 12.1. The number of carbonyl (C=O) groups is 1. The Balaban J connectivity index is 1.82. The molecule has 2 aliphatic rings. The minimum absolute atomic E-state index is 0.155. The highest BCUT2D eigenvalue weighted by Crippen LogP contribution is 2.39. The first-order chi connectivity index (χ1) is 9.65. The maximum atomic E-state index is 12.1. The van der Waals surface area contributed by atoms with Gasteiger partial charge in [0.1, 0.15) is 0 Å². The lowest BCUT2D eigenvalue weighted by Gasteiger charge is -2.40. The number of carbonyl (C=O) groups excluding carboxylic acids is 1. The third-order valence-electron chi connectivity index (χ3n) is 5.10. The molecule has 1 saturated carbocycles. The number of rotatable bonds is 4. The Labute approximate surface area is 121 Å². The van der Waals surface area contributed by atoms with Gasteiger partial charge in [-0.2, -0.15) is 0 Å². The van der Waals surface area contributed by atoms with Crippen LogP contribution in [-0.2, 0) is 16.6 Å². The Hall–Kier alpha value is -1.35. The van der Waals surface area contributed by atoms with Gasteiger partial charge in [-0.05, 0) is 56.3 Å². The van der Waals surface area contributed by atoms with Gasteiger partial charge in [-0.15, -0.1) is 0 Å². The second-order valence-corrected chi connectivity index (χ2v) is 6.26. The minimum Gasteiger partial charge on any atom is -0.369 e. The van der Waals surface area contributed by atoms with Gasteiger partial charge in [-0.3, -0.25) is 4.79 Å². The van der Waals surface area contributed by atoms with Crippen molar-refractivity contribution in [3.05, 3.63) is 35.4 Å². The molecule has 2 fully saturated rings. The number of nitrogens with two attached hydrogens (primary N) is 1. The van der Waals surface area contributed by atoms with E-state index >= 15 is 0 Å². The van der Waals surface area contributed by atoms with Crippen molar-refractivity contribution in [3.63, 3.8) is 0 Å². The van der Waals surface area contributed by atoms with Gasteiger partial charge in [0.15, 0.2) is 0 Å². The summed E-state index contributed by atoms with van der Waals surface area (Å²) < 4.78 is 0. The van der Waals surface area contributed by atoms with Gasteiger partial charge in [0, 0.05) is 6.04 Å². The van der Waals surface area contributed by atoms with Crippen LogP contribution >= 0.6 is 0 Å². The molecule has 1 aromatic rings. The molecule has 2 N–H and O–H groups in total. The van der Waals surface area contributed by atoms with Gasteiger partial charge < -0.3 is 10.6 Å².